The zero-order chi connectivity index (χ0) is 12.0. The van der Waals surface area contributed by atoms with Gasteiger partial charge in [-0.1, -0.05) is 31.9 Å². The molecule has 0 aliphatic heterocycles. The van der Waals surface area contributed by atoms with E-state index in [0.29, 0.717) is 13.0 Å². The van der Waals surface area contributed by atoms with E-state index < -0.39 is 0 Å². The molecule has 1 saturated carbocycles. The van der Waals surface area contributed by atoms with Crippen molar-refractivity contribution >= 4 is 5.97 Å². The molecule has 1 rings (SSSR count). The Balaban J connectivity index is 2.51. The smallest absolute Gasteiger partial charge is 0.306 e. The van der Waals surface area contributed by atoms with Crippen molar-refractivity contribution in [2.75, 3.05) is 6.61 Å². The summed E-state index contributed by atoms with van der Waals surface area (Å²) in [4.78, 5) is 11.4. The number of carbonyl (C=O) groups is 1. The van der Waals surface area contributed by atoms with Crippen LogP contribution < -0.4 is 0 Å². The van der Waals surface area contributed by atoms with Gasteiger partial charge < -0.3 is 4.74 Å². The molecule has 92 valence electrons. The SMILES string of the molecule is CCOC(=O)CC(C)(C)C=C1CCCCC1. The van der Waals surface area contributed by atoms with Crippen molar-refractivity contribution in [3.63, 3.8) is 0 Å². The molecule has 0 aromatic heterocycles. The van der Waals surface area contributed by atoms with Crippen LogP contribution in [0.5, 0.6) is 0 Å². The highest BCUT2D eigenvalue weighted by atomic mass is 16.5. The van der Waals surface area contributed by atoms with E-state index in [4.69, 9.17) is 4.74 Å². The third-order valence-electron chi connectivity index (χ3n) is 3.00. The van der Waals surface area contributed by atoms with E-state index in [1.807, 2.05) is 6.92 Å². The maximum atomic E-state index is 11.4. The Morgan fingerprint density at radius 3 is 2.50 bits per heavy atom. The van der Waals surface area contributed by atoms with Gasteiger partial charge in [-0.15, -0.1) is 0 Å². The second-order valence-electron chi connectivity index (χ2n) is 5.33. The summed E-state index contributed by atoms with van der Waals surface area (Å²) < 4.78 is 5.00. The van der Waals surface area contributed by atoms with Crippen molar-refractivity contribution in [3.8, 4) is 0 Å². The molecule has 0 saturated heterocycles. The standard InChI is InChI=1S/C14H24O2/c1-4-16-13(15)11-14(2,3)10-12-8-6-5-7-9-12/h10H,4-9,11H2,1-3H3. The first-order valence-corrected chi connectivity index (χ1v) is 6.40. The van der Waals surface area contributed by atoms with Gasteiger partial charge in [0.05, 0.1) is 13.0 Å². The molecule has 0 aromatic carbocycles. The van der Waals surface area contributed by atoms with Gasteiger partial charge in [0.1, 0.15) is 0 Å². The van der Waals surface area contributed by atoms with E-state index in [1.165, 1.54) is 37.7 Å². The highest BCUT2D eigenvalue weighted by molar-refractivity contribution is 5.70. The predicted molar refractivity (Wildman–Crippen MR) is 66.2 cm³/mol. The van der Waals surface area contributed by atoms with Crippen molar-refractivity contribution < 1.29 is 9.53 Å². The molecule has 0 unspecified atom stereocenters. The average Bonchev–Trinajstić information content (AvgIpc) is 2.17. The fourth-order valence-electron chi connectivity index (χ4n) is 2.34. The van der Waals surface area contributed by atoms with Crippen LogP contribution in [0.15, 0.2) is 11.6 Å². The molecule has 0 aromatic rings. The highest BCUT2D eigenvalue weighted by Gasteiger charge is 2.21. The molecule has 0 heterocycles. The molecule has 0 bridgehead atoms. The predicted octanol–water partition coefficient (Wildman–Crippen LogP) is 3.86. The van der Waals surface area contributed by atoms with Gasteiger partial charge in [-0.25, -0.2) is 0 Å². The minimum absolute atomic E-state index is 0.0566. The summed E-state index contributed by atoms with van der Waals surface area (Å²) in [6, 6.07) is 0. The summed E-state index contributed by atoms with van der Waals surface area (Å²) in [7, 11) is 0. The second kappa shape index (κ2) is 6.07. The Morgan fingerprint density at radius 1 is 1.31 bits per heavy atom. The maximum absolute atomic E-state index is 11.4. The lowest BCUT2D eigenvalue weighted by Gasteiger charge is -2.23. The Hall–Kier alpha value is -0.790. The van der Waals surface area contributed by atoms with Gasteiger partial charge in [0, 0.05) is 0 Å². The molecule has 1 aliphatic rings. The fourth-order valence-corrected chi connectivity index (χ4v) is 2.34. The summed E-state index contributed by atoms with van der Waals surface area (Å²) in [5.41, 5.74) is 1.47. The quantitative estimate of drug-likeness (QED) is 0.535. The van der Waals surface area contributed by atoms with Crippen LogP contribution in [0, 0.1) is 5.41 Å². The fraction of sp³-hybridized carbons (Fsp3) is 0.786. The van der Waals surface area contributed by atoms with Gasteiger partial charge in [-0.3, -0.25) is 4.79 Å². The number of allylic oxidation sites excluding steroid dienone is 2. The van der Waals surface area contributed by atoms with Crippen LogP contribution in [0.25, 0.3) is 0 Å². The molecule has 0 radical (unpaired) electrons. The normalized spacial score (nSPS) is 17.1. The van der Waals surface area contributed by atoms with Gasteiger partial charge in [0.15, 0.2) is 0 Å². The number of esters is 1. The third kappa shape index (κ3) is 4.82. The summed E-state index contributed by atoms with van der Waals surface area (Å²) >= 11 is 0. The van der Waals surface area contributed by atoms with Crippen LogP contribution in [0.2, 0.25) is 0 Å². The average molecular weight is 224 g/mol. The molecule has 1 aliphatic carbocycles. The van der Waals surface area contributed by atoms with Crippen LogP contribution in [0.1, 0.15) is 59.3 Å². The van der Waals surface area contributed by atoms with Crippen molar-refractivity contribution in [2.45, 2.75) is 59.3 Å². The number of rotatable bonds is 4. The van der Waals surface area contributed by atoms with Crippen LogP contribution >= 0.6 is 0 Å². The summed E-state index contributed by atoms with van der Waals surface area (Å²) in [5, 5.41) is 0. The lowest BCUT2D eigenvalue weighted by atomic mass is 9.83. The Kier molecular flexibility index (Phi) is 5.04. The molecule has 2 heteroatoms. The van der Waals surface area contributed by atoms with E-state index in [1.54, 1.807) is 0 Å². The number of hydrogen-bond acceptors (Lipinski definition) is 2. The number of carbonyl (C=O) groups excluding carboxylic acids is 1. The minimum atomic E-state index is -0.0832. The van der Waals surface area contributed by atoms with E-state index in [-0.39, 0.29) is 11.4 Å². The van der Waals surface area contributed by atoms with Gasteiger partial charge in [0.25, 0.3) is 0 Å². The first-order valence-electron chi connectivity index (χ1n) is 6.40. The summed E-state index contributed by atoms with van der Waals surface area (Å²) in [5.74, 6) is -0.0832. The molecule has 0 amide bonds. The second-order valence-corrected chi connectivity index (χ2v) is 5.33. The van der Waals surface area contributed by atoms with E-state index in [0.717, 1.165) is 0 Å². The monoisotopic (exact) mass is 224 g/mol. The molecule has 16 heavy (non-hydrogen) atoms. The molecular weight excluding hydrogens is 200 g/mol. The molecule has 0 spiro atoms. The van der Waals surface area contributed by atoms with E-state index >= 15 is 0 Å². The van der Waals surface area contributed by atoms with Gasteiger partial charge in [0.2, 0.25) is 0 Å². The first-order chi connectivity index (χ1) is 7.53. The first kappa shape index (κ1) is 13.3. The molecule has 0 N–H and O–H groups in total. The van der Waals surface area contributed by atoms with Crippen LogP contribution in [-0.4, -0.2) is 12.6 Å². The van der Waals surface area contributed by atoms with Crippen LogP contribution in [0.3, 0.4) is 0 Å². The topological polar surface area (TPSA) is 26.3 Å². The highest BCUT2D eigenvalue weighted by Crippen LogP contribution is 2.30. The van der Waals surface area contributed by atoms with E-state index in [2.05, 4.69) is 19.9 Å². The van der Waals surface area contributed by atoms with E-state index in [9.17, 15) is 4.79 Å². The molecular formula is C14H24O2. The van der Waals surface area contributed by atoms with Gasteiger partial charge in [-0.05, 0) is 38.0 Å². The number of ether oxygens (including phenoxy) is 1. The van der Waals surface area contributed by atoms with Gasteiger partial charge >= 0.3 is 5.97 Å². The van der Waals surface area contributed by atoms with Crippen molar-refractivity contribution in [1.82, 2.24) is 0 Å². The largest absolute Gasteiger partial charge is 0.466 e. The van der Waals surface area contributed by atoms with Gasteiger partial charge in [-0.2, -0.15) is 0 Å². The molecule has 1 fully saturated rings. The number of hydrogen-bond donors (Lipinski definition) is 0. The zero-order valence-corrected chi connectivity index (χ0v) is 10.8. The van der Waals surface area contributed by atoms with Crippen molar-refractivity contribution in [1.29, 1.82) is 0 Å². The zero-order valence-electron chi connectivity index (χ0n) is 10.8. The molecule has 0 atom stereocenters. The third-order valence-corrected chi connectivity index (χ3v) is 3.00. The Labute approximate surface area is 99.1 Å². The summed E-state index contributed by atoms with van der Waals surface area (Å²) in [6.45, 7) is 6.56. The van der Waals surface area contributed by atoms with Crippen molar-refractivity contribution in [2.24, 2.45) is 5.41 Å². The Bertz CT molecular complexity index is 256. The van der Waals surface area contributed by atoms with Crippen molar-refractivity contribution in [3.05, 3.63) is 11.6 Å². The minimum Gasteiger partial charge on any atom is -0.466 e. The maximum Gasteiger partial charge on any atom is 0.306 e. The summed E-state index contributed by atoms with van der Waals surface area (Å²) in [6.07, 6.45) is 9.18. The van der Waals surface area contributed by atoms with Crippen LogP contribution in [0.4, 0.5) is 0 Å². The van der Waals surface area contributed by atoms with Crippen LogP contribution in [-0.2, 0) is 9.53 Å². The molecule has 2 nitrogen and oxygen atoms in total. The lowest BCUT2D eigenvalue weighted by Crippen LogP contribution is -2.17. The lowest BCUT2D eigenvalue weighted by molar-refractivity contribution is -0.144. The Morgan fingerprint density at radius 2 is 1.94 bits per heavy atom.